The molecule has 0 aromatic carbocycles. The fraction of sp³-hybridized carbons (Fsp3) is 0.778. The standard InChI is InChI=1S/C9H18N2O3/c1-7(9(13)10-2)5-11(3)8(12)6-14-4/h7H,5-6H2,1-4H3,(H,10,13). The van der Waals surface area contributed by atoms with Gasteiger partial charge in [0.25, 0.3) is 0 Å². The predicted octanol–water partition coefficient (Wildman–Crippen LogP) is -0.527. The molecule has 0 aliphatic heterocycles. The van der Waals surface area contributed by atoms with E-state index in [4.69, 9.17) is 4.74 Å². The third-order valence-corrected chi connectivity index (χ3v) is 1.94. The van der Waals surface area contributed by atoms with Crippen LogP contribution in [0.15, 0.2) is 0 Å². The van der Waals surface area contributed by atoms with Gasteiger partial charge in [0.05, 0.1) is 5.92 Å². The maximum Gasteiger partial charge on any atom is 0.248 e. The smallest absolute Gasteiger partial charge is 0.248 e. The van der Waals surface area contributed by atoms with Crippen LogP contribution in [0.5, 0.6) is 0 Å². The Morgan fingerprint density at radius 1 is 1.50 bits per heavy atom. The Morgan fingerprint density at radius 3 is 2.50 bits per heavy atom. The number of amides is 2. The number of hydrogen-bond donors (Lipinski definition) is 1. The lowest BCUT2D eigenvalue weighted by Crippen LogP contribution is -2.38. The Labute approximate surface area is 84.4 Å². The molecule has 0 aliphatic carbocycles. The number of likely N-dealkylation sites (N-methyl/N-ethyl adjacent to an activating group) is 1. The molecule has 0 radical (unpaired) electrons. The molecule has 1 unspecified atom stereocenters. The van der Waals surface area contributed by atoms with Crippen LogP contribution in [0, 0.1) is 5.92 Å². The summed E-state index contributed by atoms with van der Waals surface area (Å²) >= 11 is 0. The first kappa shape index (κ1) is 12.9. The van der Waals surface area contributed by atoms with Gasteiger partial charge in [0.2, 0.25) is 11.8 Å². The summed E-state index contributed by atoms with van der Waals surface area (Å²) in [5, 5.41) is 2.53. The summed E-state index contributed by atoms with van der Waals surface area (Å²) in [6.45, 7) is 2.23. The van der Waals surface area contributed by atoms with Crippen LogP contribution in [-0.4, -0.2) is 51.1 Å². The van der Waals surface area contributed by atoms with Crippen molar-refractivity contribution in [3.8, 4) is 0 Å². The Balaban J connectivity index is 3.98. The molecular weight excluding hydrogens is 184 g/mol. The second-order valence-corrected chi connectivity index (χ2v) is 3.22. The molecule has 14 heavy (non-hydrogen) atoms. The molecule has 1 N–H and O–H groups in total. The van der Waals surface area contributed by atoms with E-state index in [0.717, 1.165) is 0 Å². The monoisotopic (exact) mass is 202 g/mol. The van der Waals surface area contributed by atoms with Gasteiger partial charge in [-0.15, -0.1) is 0 Å². The Morgan fingerprint density at radius 2 is 2.07 bits per heavy atom. The summed E-state index contributed by atoms with van der Waals surface area (Å²) in [6, 6.07) is 0. The van der Waals surface area contributed by atoms with E-state index in [1.807, 2.05) is 0 Å². The molecule has 0 heterocycles. The molecule has 5 heteroatoms. The average Bonchev–Trinajstić information content (AvgIpc) is 2.16. The minimum absolute atomic E-state index is 0.0525. The maximum atomic E-state index is 11.3. The number of nitrogens with zero attached hydrogens (tertiary/aromatic N) is 1. The fourth-order valence-electron chi connectivity index (χ4n) is 1.08. The van der Waals surface area contributed by atoms with Gasteiger partial charge in [0, 0.05) is 27.7 Å². The molecule has 0 bridgehead atoms. The van der Waals surface area contributed by atoms with Gasteiger partial charge in [-0.1, -0.05) is 6.92 Å². The number of carbonyl (C=O) groups is 2. The number of hydrogen-bond acceptors (Lipinski definition) is 3. The van der Waals surface area contributed by atoms with Crippen molar-refractivity contribution in [2.45, 2.75) is 6.92 Å². The van der Waals surface area contributed by atoms with Crippen LogP contribution >= 0.6 is 0 Å². The van der Waals surface area contributed by atoms with E-state index in [-0.39, 0.29) is 24.3 Å². The van der Waals surface area contributed by atoms with Crippen LogP contribution in [0.3, 0.4) is 0 Å². The normalized spacial score (nSPS) is 12.0. The minimum atomic E-state index is -0.203. The Hall–Kier alpha value is -1.10. The van der Waals surface area contributed by atoms with E-state index in [1.54, 1.807) is 21.0 Å². The first-order chi connectivity index (χ1) is 6.52. The van der Waals surface area contributed by atoms with Crippen molar-refractivity contribution >= 4 is 11.8 Å². The van der Waals surface area contributed by atoms with Gasteiger partial charge in [-0.3, -0.25) is 9.59 Å². The molecule has 0 aromatic heterocycles. The molecule has 0 saturated heterocycles. The highest BCUT2D eigenvalue weighted by atomic mass is 16.5. The lowest BCUT2D eigenvalue weighted by molar-refractivity contribution is -0.135. The second-order valence-electron chi connectivity index (χ2n) is 3.22. The number of ether oxygens (including phenoxy) is 1. The van der Waals surface area contributed by atoms with Crippen LogP contribution in [0.25, 0.3) is 0 Å². The minimum Gasteiger partial charge on any atom is -0.375 e. The third-order valence-electron chi connectivity index (χ3n) is 1.94. The van der Waals surface area contributed by atoms with E-state index in [2.05, 4.69) is 5.32 Å². The summed E-state index contributed by atoms with van der Waals surface area (Å²) in [5.41, 5.74) is 0. The zero-order valence-electron chi connectivity index (χ0n) is 9.16. The van der Waals surface area contributed by atoms with Crippen molar-refractivity contribution in [2.24, 2.45) is 5.92 Å². The highest BCUT2D eigenvalue weighted by Gasteiger charge is 2.16. The SMILES string of the molecule is CNC(=O)C(C)CN(C)C(=O)COC. The second kappa shape index (κ2) is 6.37. The average molecular weight is 202 g/mol. The van der Waals surface area contributed by atoms with E-state index in [1.165, 1.54) is 12.0 Å². The summed E-state index contributed by atoms with van der Waals surface area (Å²) in [7, 11) is 4.70. The number of nitrogens with one attached hydrogen (secondary N) is 1. The first-order valence-corrected chi connectivity index (χ1v) is 4.47. The van der Waals surface area contributed by atoms with Crippen LogP contribution in [0.2, 0.25) is 0 Å². The molecule has 0 aliphatic rings. The predicted molar refractivity (Wildman–Crippen MR) is 52.7 cm³/mol. The van der Waals surface area contributed by atoms with Gasteiger partial charge in [-0.25, -0.2) is 0 Å². The molecule has 5 nitrogen and oxygen atoms in total. The molecule has 0 spiro atoms. The van der Waals surface area contributed by atoms with Gasteiger partial charge in [-0.2, -0.15) is 0 Å². The summed E-state index contributed by atoms with van der Waals surface area (Å²) in [5.74, 6) is -0.392. The molecule has 1 atom stereocenters. The molecule has 0 rings (SSSR count). The molecule has 82 valence electrons. The van der Waals surface area contributed by atoms with Gasteiger partial charge in [0.1, 0.15) is 6.61 Å². The number of carbonyl (C=O) groups excluding carboxylic acids is 2. The van der Waals surface area contributed by atoms with Crippen molar-refractivity contribution < 1.29 is 14.3 Å². The Bertz CT molecular complexity index is 206. The molecule has 0 aromatic rings. The van der Waals surface area contributed by atoms with Crippen LogP contribution in [0.4, 0.5) is 0 Å². The van der Waals surface area contributed by atoms with Gasteiger partial charge < -0.3 is 15.0 Å². The first-order valence-electron chi connectivity index (χ1n) is 4.47. The van der Waals surface area contributed by atoms with Crippen molar-refractivity contribution in [3.63, 3.8) is 0 Å². The Kier molecular flexibility index (Phi) is 5.87. The number of methoxy groups -OCH3 is 1. The number of rotatable bonds is 5. The lowest BCUT2D eigenvalue weighted by Gasteiger charge is -2.20. The van der Waals surface area contributed by atoms with Gasteiger partial charge >= 0.3 is 0 Å². The lowest BCUT2D eigenvalue weighted by atomic mass is 10.1. The quantitative estimate of drug-likeness (QED) is 0.652. The van der Waals surface area contributed by atoms with Crippen LogP contribution in [-0.2, 0) is 14.3 Å². The third kappa shape index (κ3) is 4.23. The topological polar surface area (TPSA) is 58.6 Å². The van der Waals surface area contributed by atoms with Crippen molar-refractivity contribution in [2.75, 3.05) is 34.4 Å². The largest absolute Gasteiger partial charge is 0.375 e. The van der Waals surface area contributed by atoms with E-state index in [9.17, 15) is 9.59 Å². The fourth-order valence-corrected chi connectivity index (χ4v) is 1.08. The van der Waals surface area contributed by atoms with Crippen molar-refractivity contribution in [1.29, 1.82) is 0 Å². The van der Waals surface area contributed by atoms with Crippen LogP contribution in [0.1, 0.15) is 6.92 Å². The van der Waals surface area contributed by atoms with E-state index in [0.29, 0.717) is 6.54 Å². The molecular formula is C9H18N2O3. The summed E-state index contributed by atoms with van der Waals surface area (Å²) in [4.78, 5) is 23.9. The van der Waals surface area contributed by atoms with Crippen molar-refractivity contribution in [3.05, 3.63) is 0 Å². The zero-order chi connectivity index (χ0) is 11.1. The van der Waals surface area contributed by atoms with Gasteiger partial charge in [-0.05, 0) is 0 Å². The molecule has 0 saturated carbocycles. The summed E-state index contributed by atoms with van der Waals surface area (Å²) in [6.07, 6.45) is 0. The van der Waals surface area contributed by atoms with E-state index < -0.39 is 0 Å². The van der Waals surface area contributed by atoms with E-state index >= 15 is 0 Å². The van der Waals surface area contributed by atoms with Crippen LogP contribution < -0.4 is 5.32 Å². The zero-order valence-corrected chi connectivity index (χ0v) is 9.16. The summed E-state index contributed by atoms with van der Waals surface area (Å²) < 4.78 is 4.70. The van der Waals surface area contributed by atoms with Crippen molar-refractivity contribution in [1.82, 2.24) is 10.2 Å². The maximum absolute atomic E-state index is 11.3. The highest BCUT2D eigenvalue weighted by molar-refractivity contribution is 5.80. The molecule has 0 fully saturated rings. The highest BCUT2D eigenvalue weighted by Crippen LogP contribution is 1.98. The molecule has 2 amide bonds. The van der Waals surface area contributed by atoms with Gasteiger partial charge in [0.15, 0.2) is 0 Å².